The van der Waals surface area contributed by atoms with Gasteiger partial charge in [0.2, 0.25) is 0 Å². The molecule has 0 aromatic heterocycles. The van der Waals surface area contributed by atoms with E-state index in [2.05, 4.69) is 6.58 Å². The first-order valence-corrected chi connectivity index (χ1v) is 3.97. The average Bonchev–Trinajstić information content (AvgIpc) is 1.96. The maximum absolute atomic E-state index is 3.68. The number of rotatable bonds is 1. The number of allylic oxidation sites excluding steroid dienone is 1. The average molecular weight is 145 g/mol. The molecule has 1 nitrogen and oxygen atoms in total. The molecule has 0 bridgehead atoms. The second-order valence-electron chi connectivity index (χ2n) is 1.63. The molecule has 0 aliphatic heterocycles. The Morgan fingerprint density at radius 1 is 1.00 bits per heavy atom. The molecule has 0 saturated heterocycles. The lowest BCUT2D eigenvalue weighted by Crippen LogP contribution is -2.05. The largest absolute Gasteiger partial charge is 0.382 e. The number of hydrogen-bond donors (Lipinski definition) is 0. The molecule has 0 aliphatic rings. The first-order valence-electron chi connectivity index (χ1n) is 3.97. The third kappa shape index (κ3) is 25.7. The molecule has 0 N–H and O–H groups in total. The van der Waals surface area contributed by atoms with E-state index in [9.17, 15) is 0 Å². The Morgan fingerprint density at radius 2 is 1.10 bits per heavy atom. The fourth-order valence-electron chi connectivity index (χ4n) is 0. The molecule has 0 amide bonds. The van der Waals surface area contributed by atoms with Crippen molar-refractivity contribution in [3.63, 3.8) is 0 Å². The van der Waals surface area contributed by atoms with Gasteiger partial charge in [-0.25, -0.2) is 0 Å². The molecule has 0 unspecified atom stereocenters. The van der Waals surface area contributed by atoms with Gasteiger partial charge in [0.1, 0.15) is 0 Å². The summed E-state index contributed by atoms with van der Waals surface area (Å²) in [6.07, 6.45) is 0. The minimum Gasteiger partial charge on any atom is -0.382 e. The molecular weight excluding hydrogens is 122 g/mol. The van der Waals surface area contributed by atoms with Gasteiger partial charge in [-0.15, -0.1) is 0 Å². The van der Waals surface area contributed by atoms with E-state index in [1.807, 2.05) is 53.6 Å². The Hall–Kier alpha value is -0.460. The van der Waals surface area contributed by atoms with Crippen molar-refractivity contribution < 1.29 is 0 Å². The first-order chi connectivity index (χ1) is 4.64. The summed E-state index contributed by atoms with van der Waals surface area (Å²) in [5.74, 6) is 0. The summed E-state index contributed by atoms with van der Waals surface area (Å²) in [7, 11) is 3.95. The summed E-state index contributed by atoms with van der Waals surface area (Å²) in [5, 5.41) is 0. The lowest BCUT2D eigenvalue weighted by atomic mass is 10.5. The van der Waals surface area contributed by atoms with Crippen LogP contribution in [0.3, 0.4) is 0 Å². The van der Waals surface area contributed by atoms with Crippen molar-refractivity contribution in [1.29, 1.82) is 0 Å². The normalized spacial score (nSPS) is 5.90. The standard InChI is InChI=1S/C5H11N.2C2H6/c1-5(2)6(3)4;2*1-2/h1H2,2-4H3;2*1-2H3. The Balaban J connectivity index is -0.000000105. The Bertz CT molecular complexity index is 55.7. The zero-order chi connectivity index (χ0) is 9.15. The van der Waals surface area contributed by atoms with Crippen LogP contribution in [0, 0.1) is 0 Å². The highest BCUT2D eigenvalue weighted by molar-refractivity contribution is 4.82. The molecular formula is C9H23N. The summed E-state index contributed by atoms with van der Waals surface area (Å²) in [6.45, 7) is 13.7. The van der Waals surface area contributed by atoms with Gasteiger partial charge in [0, 0.05) is 19.8 Å². The van der Waals surface area contributed by atoms with Crippen LogP contribution >= 0.6 is 0 Å². The fraction of sp³-hybridized carbons (Fsp3) is 0.778. The molecule has 0 radical (unpaired) electrons. The first kappa shape index (κ1) is 16.3. The van der Waals surface area contributed by atoms with Crippen LogP contribution in [0.15, 0.2) is 12.3 Å². The van der Waals surface area contributed by atoms with Gasteiger partial charge < -0.3 is 4.90 Å². The van der Waals surface area contributed by atoms with Crippen LogP contribution < -0.4 is 0 Å². The van der Waals surface area contributed by atoms with Crippen LogP contribution in [0.1, 0.15) is 34.6 Å². The van der Waals surface area contributed by atoms with Gasteiger partial charge in [-0.1, -0.05) is 34.3 Å². The van der Waals surface area contributed by atoms with Gasteiger partial charge in [0.05, 0.1) is 0 Å². The van der Waals surface area contributed by atoms with Crippen LogP contribution in [0.4, 0.5) is 0 Å². The molecule has 10 heavy (non-hydrogen) atoms. The molecule has 0 spiro atoms. The Kier molecular flexibility index (Phi) is 25.7. The minimum absolute atomic E-state index is 1.09. The molecule has 0 heterocycles. The van der Waals surface area contributed by atoms with Crippen LogP contribution in [0.2, 0.25) is 0 Å². The zero-order valence-electron chi connectivity index (χ0n) is 8.65. The van der Waals surface area contributed by atoms with E-state index < -0.39 is 0 Å². The van der Waals surface area contributed by atoms with Crippen molar-refractivity contribution in [3.8, 4) is 0 Å². The molecule has 0 saturated carbocycles. The quantitative estimate of drug-likeness (QED) is 0.548. The van der Waals surface area contributed by atoms with E-state index in [0.717, 1.165) is 5.70 Å². The van der Waals surface area contributed by atoms with Crippen LogP contribution in [0.25, 0.3) is 0 Å². The second-order valence-corrected chi connectivity index (χ2v) is 1.63. The zero-order valence-corrected chi connectivity index (χ0v) is 8.65. The monoisotopic (exact) mass is 145 g/mol. The molecule has 1 heteroatoms. The molecule has 0 atom stereocenters. The van der Waals surface area contributed by atoms with Crippen molar-refractivity contribution in [2.24, 2.45) is 0 Å². The maximum atomic E-state index is 3.68. The highest BCUT2D eigenvalue weighted by atomic mass is 15.1. The van der Waals surface area contributed by atoms with E-state index >= 15 is 0 Å². The van der Waals surface area contributed by atoms with Crippen LogP contribution in [-0.4, -0.2) is 19.0 Å². The van der Waals surface area contributed by atoms with Gasteiger partial charge in [-0.2, -0.15) is 0 Å². The minimum atomic E-state index is 1.09. The van der Waals surface area contributed by atoms with Crippen molar-refractivity contribution in [3.05, 3.63) is 12.3 Å². The van der Waals surface area contributed by atoms with Crippen molar-refractivity contribution in [2.75, 3.05) is 14.1 Å². The Labute approximate surface area is 66.7 Å². The van der Waals surface area contributed by atoms with E-state index in [0.29, 0.717) is 0 Å². The summed E-state index contributed by atoms with van der Waals surface area (Å²) in [6, 6.07) is 0. The highest BCUT2D eigenvalue weighted by Crippen LogP contribution is 1.86. The third-order valence-electron chi connectivity index (χ3n) is 0.763. The van der Waals surface area contributed by atoms with Gasteiger partial charge in [-0.05, 0) is 6.92 Å². The van der Waals surface area contributed by atoms with Crippen molar-refractivity contribution >= 4 is 0 Å². The van der Waals surface area contributed by atoms with Gasteiger partial charge in [0.15, 0.2) is 0 Å². The molecule has 0 fully saturated rings. The second kappa shape index (κ2) is 15.8. The molecule has 0 aromatic carbocycles. The molecule has 0 aromatic rings. The summed E-state index contributed by atoms with van der Waals surface area (Å²) in [5.41, 5.74) is 1.09. The van der Waals surface area contributed by atoms with Gasteiger partial charge in [0.25, 0.3) is 0 Å². The van der Waals surface area contributed by atoms with Crippen molar-refractivity contribution in [2.45, 2.75) is 34.6 Å². The fourth-order valence-corrected chi connectivity index (χ4v) is 0. The van der Waals surface area contributed by atoms with Crippen LogP contribution in [-0.2, 0) is 0 Å². The van der Waals surface area contributed by atoms with Crippen LogP contribution in [0.5, 0.6) is 0 Å². The lowest BCUT2D eigenvalue weighted by Gasteiger charge is -2.08. The van der Waals surface area contributed by atoms with E-state index in [4.69, 9.17) is 0 Å². The van der Waals surface area contributed by atoms with Crippen molar-refractivity contribution in [1.82, 2.24) is 4.90 Å². The summed E-state index contributed by atoms with van der Waals surface area (Å²) >= 11 is 0. The summed E-state index contributed by atoms with van der Waals surface area (Å²) in [4.78, 5) is 1.97. The topological polar surface area (TPSA) is 3.24 Å². The smallest absolute Gasteiger partial charge is 0.00578 e. The molecule has 64 valence electrons. The lowest BCUT2D eigenvalue weighted by molar-refractivity contribution is 0.516. The number of nitrogens with zero attached hydrogens (tertiary/aromatic N) is 1. The van der Waals surface area contributed by atoms with E-state index in [-0.39, 0.29) is 0 Å². The number of hydrogen-bond acceptors (Lipinski definition) is 1. The van der Waals surface area contributed by atoms with E-state index in [1.165, 1.54) is 0 Å². The molecule has 0 rings (SSSR count). The predicted molar refractivity (Wildman–Crippen MR) is 51.2 cm³/mol. The van der Waals surface area contributed by atoms with Gasteiger partial charge >= 0.3 is 0 Å². The predicted octanol–water partition coefficient (Wildman–Crippen LogP) is 3.13. The molecule has 0 aliphatic carbocycles. The van der Waals surface area contributed by atoms with Gasteiger partial charge in [-0.3, -0.25) is 0 Å². The third-order valence-corrected chi connectivity index (χ3v) is 0.763. The summed E-state index contributed by atoms with van der Waals surface area (Å²) < 4.78 is 0. The van der Waals surface area contributed by atoms with E-state index in [1.54, 1.807) is 0 Å². The Morgan fingerprint density at radius 3 is 1.10 bits per heavy atom. The SMILES string of the molecule is C=C(C)N(C)C.CC.CC. The highest BCUT2D eigenvalue weighted by Gasteiger charge is 1.79. The maximum Gasteiger partial charge on any atom is 0.00578 e.